The van der Waals surface area contributed by atoms with Gasteiger partial charge in [-0.2, -0.15) is 0 Å². The fourth-order valence-electron chi connectivity index (χ4n) is 2.72. The summed E-state index contributed by atoms with van der Waals surface area (Å²) in [4.78, 5) is 16.2. The van der Waals surface area contributed by atoms with E-state index in [0.717, 1.165) is 22.4 Å². The van der Waals surface area contributed by atoms with Gasteiger partial charge in [0.2, 0.25) is 0 Å². The predicted octanol–water partition coefficient (Wildman–Crippen LogP) is 1.94. The van der Waals surface area contributed by atoms with Crippen LogP contribution < -0.4 is 5.32 Å². The van der Waals surface area contributed by atoms with Gasteiger partial charge in [0.15, 0.2) is 5.78 Å². The van der Waals surface area contributed by atoms with Crippen molar-refractivity contribution < 1.29 is 9.90 Å². The van der Waals surface area contributed by atoms with Gasteiger partial charge in [0.1, 0.15) is 0 Å². The first-order chi connectivity index (χ1) is 10.3. The van der Waals surface area contributed by atoms with Crippen LogP contribution in [-0.4, -0.2) is 30.3 Å². The minimum Gasteiger partial charge on any atom is -0.394 e. The van der Waals surface area contributed by atoms with Gasteiger partial charge in [0.25, 0.3) is 0 Å². The van der Waals surface area contributed by atoms with Crippen molar-refractivity contribution in [3.05, 3.63) is 58.8 Å². The lowest BCUT2D eigenvalue weighted by molar-refractivity contribution is -0.114. The Kier molecular flexibility index (Phi) is 4.08. The molecule has 0 fully saturated rings. The van der Waals surface area contributed by atoms with Gasteiger partial charge in [-0.1, -0.05) is 36.4 Å². The highest BCUT2D eigenvalue weighted by Crippen LogP contribution is 2.30. The summed E-state index contributed by atoms with van der Waals surface area (Å²) >= 11 is 0. The molecular formula is C17H18N2O2. The van der Waals surface area contributed by atoms with E-state index in [9.17, 15) is 9.90 Å². The number of aliphatic hydroxyl groups excluding tert-OH is 1. The summed E-state index contributed by atoms with van der Waals surface area (Å²) in [6.45, 7) is 0.634. The molecule has 1 aliphatic heterocycles. The van der Waals surface area contributed by atoms with Gasteiger partial charge in [-0.05, 0) is 17.6 Å². The third kappa shape index (κ3) is 2.86. The highest BCUT2D eigenvalue weighted by molar-refractivity contribution is 6.07. The van der Waals surface area contributed by atoms with Gasteiger partial charge < -0.3 is 10.4 Å². The molecule has 1 atom stereocenters. The van der Waals surface area contributed by atoms with Crippen LogP contribution >= 0.6 is 0 Å². The van der Waals surface area contributed by atoms with E-state index in [4.69, 9.17) is 0 Å². The number of ketones is 1. The Bertz CT molecular complexity index is 629. The zero-order valence-electron chi connectivity index (χ0n) is 11.7. The summed E-state index contributed by atoms with van der Waals surface area (Å²) in [6, 6.07) is 9.74. The van der Waals surface area contributed by atoms with Crippen molar-refractivity contribution in [1.29, 1.82) is 0 Å². The number of carbonyl (C=O) groups excluding carboxylic acids is 1. The number of nitrogens with zero attached hydrogens (tertiary/aromatic N) is 1. The van der Waals surface area contributed by atoms with E-state index in [1.54, 1.807) is 6.21 Å². The lowest BCUT2D eigenvalue weighted by Gasteiger charge is -2.18. The number of hydrogen-bond acceptors (Lipinski definition) is 4. The van der Waals surface area contributed by atoms with E-state index in [-0.39, 0.29) is 18.4 Å². The summed E-state index contributed by atoms with van der Waals surface area (Å²) in [5.41, 5.74) is 3.75. The molecule has 108 valence electrons. The van der Waals surface area contributed by atoms with Crippen molar-refractivity contribution in [3.8, 4) is 0 Å². The van der Waals surface area contributed by atoms with Gasteiger partial charge in [-0.15, -0.1) is 0 Å². The maximum atomic E-state index is 11.8. The predicted molar refractivity (Wildman–Crippen MR) is 82.1 cm³/mol. The van der Waals surface area contributed by atoms with E-state index >= 15 is 0 Å². The smallest absolute Gasteiger partial charge is 0.166 e. The zero-order chi connectivity index (χ0) is 14.7. The molecule has 1 heterocycles. The molecule has 4 nitrogen and oxygen atoms in total. The molecule has 0 saturated heterocycles. The monoisotopic (exact) mass is 282 g/mol. The molecule has 2 N–H and O–H groups in total. The minimum absolute atomic E-state index is 0.0331. The first-order valence-corrected chi connectivity index (χ1v) is 7.17. The standard InChI is InChI=1S/C17H18N2O2/c20-11-15(12-4-2-1-3-5-12)19-10-13-6-7-14-16(21)8-9-18-17(13)14/h1-6,9,15,19-20H,7-8,10-11H2/t15-/m0/s1. The van der Waals surface area contributed by atoms with Crippen molar-refractivity contribution in [1.82, 2.24) is 5.32 Å². The molecule has 0 saturated carbocycles. The van der Waals surface area contributed by atoms with E-state index in [1.807, 2.05) is 30.3 Å². The molecule has 0 amide bonds. The molecule has 0 unspecified atom stereocenters. The average molecular weight is 282 g/mol. The number of carbonyl (C=O) groups is 1. The Labute approximate surface area is 123 Å². The number of hydrogen-bond donors (Lipinski definition) is 2. The molecule has 3 rings (SSSR count). The molecule has 1 aliphatic carbocycles. The van der Waals surface area contributed by atoms with Crippen LogP contribution in [0.3, 0.4) is 0 Å². The third-order valence-corrected chi connectivity index (χ3v) is 3.90. The second-order valence-corrected chi connectivity index (χ2v) is 5.23. The molecule has 0 spiro atoms. The van der Waals surface area contributed by atoms with Crippen LogP contribution in [0, 0.1) is 0 Å². The van der Waals surface area contributed by atoms with Crippen LogP contribution in [0.2, 0.25) is 0 Å². The number of aliphatic hydroxyl groups is 1. The normalized spacial score (nSPS) is 18.7. The van der Waals surface area contributed by atoms with Crippen LogP contribution in [0.5, 0.6) is 0 Å². The molecule has 0 radical (unpaired) electrons. The van der Waals surface area contributed by atoms with Crippen LogP contribution in [0.1, 0.15) is 24.4 Å². The SMILES string of the molecule is O=C1CC=NC2=C1CC=C2CN[C@@H](CO)c1ccccc1. The largest absolute Gasteiger partial charge is 0.394 e. The van der Waals surface area contributed by atoms with E-state index in [2.05, 4.69) is 16.4 Å². The Morgan fingerprint density at radius 3 is 2.81 bits per heavy atom. The molecule has 0 bridgehead atoms. The maximum absolute atomic E-state index is 11.8. The quantitative estimate of drug-likeness (QED) is 0.867. The Balaban J connectivity index is 1.68. The van der Waals surface area contributed by atoms with E-state index in [0.29, 0.717) is 19.4 Å². The molecule has 4 heteroatoms. The van der Waals surface area contributed by atoms with E-state index < -0.39 is 0 Å². The minimum atomic E-state index is -0.111. The summed E-state index contributed by atoms with van der Waals surface area (Å²) < 4.78 is 0. The average Bonchev–Trinajstić information content (AvgIpc) is 2.94. The highest BCUT2D eigenvalue weighted by Gasteiger charge is 2.24. The van der Waals surface area contributed by atoms with Crippen LogP contribution in [-0.2, 0) is 4.79 Å². The summed E-state index contributed by atoms with van der Waals surface area (Å²) in [7, 11) is 0. The molecular weight excluding hydrogens is 264 g/mol. The van der Waals surface area contributed by atoms with Crippen molar-refractivity contribution >= 4 is 12.0 Å². The van der Waals surface area contributed by atoms with Crippen LogP contribution in [0.4, 0.5) is 0 Å². The molecule has 1 aromatic carbocycles. The first-order valence-electron chi connectivity index (χ1n) is 7.17. The number of aliphatic imine (C=N–C) groups is 1. The molecule has 21 heavy (non-hydrogen) atoms. The van der Waals surface area contributed by atoms with Gasteiger partial charge in [-0.3, -0.25) is 9.79 Å². The van der Waals surface area contributed by atoms with Gasteiger partial charge in [0, 0.05) is 24.8 Å². The van der Waals surface area contributed by atoms with Gasteiger partial charge in [0.05, 0.1) is 18.3 Å². The fraction of sp³-hybridized carbons (Fsp3) is 0.294. The first kappa shape index (κ1) is 13.9. The van der Waals surface area contributed by atoms with Crippen molar-refractivity contribution in [2.45, 2.75) is 18.9 Å². The lowest BCUT2D eigenvalue weighted by Crippen LogP contribution is -2.26. The molecule has 0 aromatic heterocycles. The maximum Gasteiger partial charge on any atom is 0.166 e. The third-order valence-electron chi connectivity index (χ3n) is 3.90. The summed E-state index contributed by atoms with van der Waals surface area (Å²) in [6.07, 6.45) is 4.83. The molecule has 2 aliphatic rings. The van der Waals surface area contributed by atoms with Crippen molar-refractivity contribution in [3.63, 3.8) is 0 Å². The van der Waals surface area contributed by atoms with Crippen molar-refractivity contribution in [2.24, 2.45) is 4.99 Å². The summed E-state index contributed by atoms with van der Waals surface area (Å²) in [5, 5.41) is 12.9. The fourth-order valence-corrected chi connectivity index (χ4v) is 2.72. The van der Waals surface area contributed by atoms with Gasteiger partial charge >= 0.3 is 0 Å². The molecule has 1 aromatic rings. The number of benzene rings is 1. The van der Waals surface area contributed by atoms with Gasteiger partial charge in [-0.25, -0.2) is 0 Å². The second-order valence-electron chi connectivity index (χ2n) is 5.23. The number of allylic oxidation sites excluding steroid dienone is 2. The van der Waals surface area contributed by atoms with Crippen LogP contribution in [0.15, 0.2) is 58.2 Å². The number of rotatable bonds is 5. The topological polar surface area (TPSA) is 61.7 Å². The number of Topliss-reactive ketones (excluding diaryl/α,β-unsaturated/α-hetero) is 1. The van der Waals surface area contributed by atoms with Crippen molar-refractivity contribution in [2.75, 3.05) is 13.2 Å². The Morgan fingerprint density at radius 1 is 1.24 bits per heavy atom. The van der Waals surface area contributed by atoms with Crippen LogP contribution in [0.25, 0.3) is 0 Å². The lowest BCUT2D eigenvalue weighted by atomic mass is 10.0. The highest BCUT2D eigenvalue weighted by atomic mass is 16.3. The zero-order valence-corrected chi connectivity index (χ0v) is 11.7. The van der Waals surface area contributed by atoms with E-state index in [1.165, 1.54) is 0 Å². The Hall–Kier alpha value is -2.04. The Morgan fingerprint density at radius 2 is 2.05 bits per heavy atom. The summed E-state index contributed by atoms with van der Waals surface area (Å²) in [5.74, 6) is 0.174. The number of nitrogens with one attached hydrogen (secondary N) is 1. The second kappa shape index (κ2) is 6.16.